The van der Waals surface area contributed by atoms with Crippen molar-refractivity contribution < 1.29 is 14.4 Å². The van der Waals surface area contributed by atoms with E-state index in [2.05, 4.69) is 16.0 Å². The van der Waals surface area contributed by atoms with E-state index in [-0.39, 0.29) is 18.5 Å². The summed E-state index contributed by atoms with van der Waals surface area (Å²) in [7, 11) is 1.72. The number of carbonyl (C=O) groups is 3. The van der Waals surface area contributed by atoms with Crippen LogP contribution in [-0.2, 0) is 9.59 Å². The number of carbonyl (C=O) groups excluding carboxylic acids is 3. The van der Waals surface area contributed by atoms with Crippen molar-refractivity contribution in [3.05, 3.63) is 0 Å². The van der Waals surface area contributed by atoms with Crippen molar-refractivity contribution in [2.75, 3.05) is 26.7 Å². The largest absolute Gasteiger partial charge is 0.355 e. The van der Waals surface area contributed by atoms with Crippen molar-refractivity contribution in [2.45, 2.75) is 32.2 Å². The van der Waals surface area contributed by atoms with Crippen LogP contribution in [0.1, 0.15) is 26.2 Å². The normalized spacial score (nSPS) is 19.5. The predicted octanol–water partition coefficient (Wildman–Crippen LogP) is -0.567. The predicted molar refractivity (Wildman–Crippen MR) is 70.5 cm³/mol. The number of amides is 4. The molecule has 1 atom stereocenters. The van der Waals surface area contributed by atoms with E-state index in [0.29, 0.717) is 13.1 Å². The van der Waals surface area contributed by atoms with Crippen LogP contribution in [0, 0.1) is 0 Å². The molecule has 0 aromatic heterocycles. The summed E-state index contributed by atoms with van der Waals surface area (Å²) in [6.45, 7) is 2.94. The van der Waals surface area contributed by atoms with Gasteiger partial charge in [0.25, 0.3) is 0 Å². The van der Waals surface area contributed by atoms with E-state index >= 15 is 0 Å². The van der Waals surface area contributed by atoms with Gasteiger partial charge in [0.15, 0.2) is 0 Å². The topological polar surface area (TPSA) is 90.5 Å². The first-order valence-corrected chi connectivity index (χ1v) is 6.60. The molecule has 0 unspecified atom stereocenters. The fourth-order valence-electron chi connectivity index (χ4n) is 2.05. The number of nitrogens with one attached hydrogen (secondary N) is 3. The second-order valence-electron chi connectivity index (χ2n) is 4.63. The highest BCUT2D eigenvalue weighted by Crippen LogP contribution is 2.10. The third kappa shape index (κ3) is 5.25. The zero-order valence-electron chi connectivity index (χ0n) is 11.5. The SMILES string of the molecule is CCNC(=O)NC(=O)CN(C)[C@@H]1CCCCNC1=O. The van der Waals surface area contributed by atoms with Gasteiger partial charge < -0.3 is 10.6 Å². The Labute approximate surface area is 113 Å². The Kier molecular flexibility index (Phi) is 6.27. The van der Waals surface area contributed by atoms with E-state index in [1.807, 2.05) is 0 Å². The fraction of sp³-hybridized carbons (Fsp3) is 0.750. The van der Waals surface area contributed by atoms with E-state index in [9.17, 15) is 14.4 Å². The number of imide groups is 1. The summed E-state index contributed by atoms with van der Waals surface area (Å²) in [5.74, 6) is -0.462. The number of hydrogen-bond donors (Lipinski definition) is 3. The average molecular weight is 270 g/mol. The molecule has 1 saturated heterocycles. The van der Waals surface area contributed by atoms with E-state index < -0.39 is 11.9 Å². The Morgan fingerprint density at radius 3 is 2.84 bits per heavy atom. The lowest BCUT2D eigenvalue weighted by atomic mass is 10.1. The second kappa shape index (κ2) is 7.73. The summed E-state index contributed by atoms with van der Waals surface area (Å²) in [6, 6.07) is -0.811. The summed E-state index contributed by atoms with van der Waals surface area (Å²) in [4.78, 5) is 36.3. The van der Waals surface area contributed by atoms with Crippen LogP contribution in [0.5, 0.6) is 0 Å². The smallest absolute Gasteiger partial charge is 0.321 e. The molecule has 0 spiro atoms. The number of rotatable bonds is 4. The number of hydrogen-bond acceptors (Lipinski definition) is 4. The van der Waals surface area contributed by atoms with Crippen LogP contribution in [0.2, 0.25) is 0 Å². The Balaban J connectivity index is 2.44. The molecular formula is C12H22N4O3. The first-order chi connectivity index (χ1) is 9.04. The van der Waals surface area contributed by atoms with Crippen LogP contribution in [0.4, 0.5) is 4.79 Å². The van der Waals surface area contributed by atoms with Crippen molar-refractivity contribution in [2.24, 2.45) is 0 Å². The summed E-state index contributed by atoms with van der Waals surface area (Å²) < 4.78 is 0. The van der Waals surface area contributed by atoms with Gasteiger partial charge in [-0.3, -0.25) is 19.8 Å². The van der Waals surface area contributed by atoms with Crippen LogP contribution < -0.4 is 16.0 Å². The number of likely N-dealkylation sites (N-methyl/N-ethyl adjacent to an activating group) is 1. The molecule has 0 saturated carbocycles. The summed E-state index contributed by atoms with van der Waals surface area (Å²) in [6.07, 6.45) is 2.64. The molecule has 0 aromatic rings. The molecule has 0 aliphatic carbocycles. The van der Waals surface area contributed by atoms with E-state index in [0.717, 1.165) is 19.3 Å². The summed E-state index contributed by atoms with van der Waals surface area (Å²) in [5.41, 5.74) is 0. The van der Waals surface area contributed by atoms with Gasteiger partial charge in [0.2, 0.25) is 11.8 Å². The van der Waals surface area contributed by atoms with Gasteiger partial charge in [0.1, 0.15) is 0 Å². The maximum atomic E-state index is 11.8. The summed E-state index contributed by atoms with van der Waals surface area (Å²) in [5, 5.41) is 7.52. The highest BCUT2D eigenvalue weighted by molar-refractivity contribution is 5.95. The van der Waals surface area contributed by atoms with Crippen molar-refractivity contribution in [1.29, 1.82) is 0 Å². The third-order valence-electron chi connectivity index (χ3n) is 3.02. The van der Waals surface area contributed by atoms with Crippen LogP contribution in [-0.4, -0.2) is 55.5 Å². The molecule has 1 fully saturated rings. The van der Waals surface area contributed by atoms with Crippen LogP contribution in [0.25, 0.3) is 0 Å². The van der Waals surface area contributed by atoms with Crippen LogP contribution >= 0.6 is 0 Å². The highest BCUT2D eigenvalue weighted by Gasteiger charge is 2.26. The number of nitrogens with zero attached hydrogens (tertiary/aromatic N) is 1. The molecule has 7 nitrogen and oxygen atoms in total. The Bertz CT molecular complexity index is 346. The molecule has 1 rings (SSSR count). The molecule has 1 aliphatic heterocycles. The van der Waals surface area contributed by atoms with Crippen LogP contribution in [0.3, 0.4) is 0 Å². The molecule has 108 valence electrons. The number of urea groups is 1. The first kappa shape index (κ1) is 15.4. The zero-order chi connectivity index (χ0) is 14.3. The molecule has 0 aromatic carbocycles. The molecule has 4 amide bonds. The quantitative estimate of drug-likeness (QED) is 0.638. The van der Waals surface area contributed by atoms with E-state index in [1.54, 1.807) is 18.9 Å². The maximum absolute atomic E-state index is 11.8. The van der Waals surface area contributed by atoms with Gasteiger partial charge in [0.05, 0.1) is 12.6 Å². The van der Waals surface area contributed by atoms with E-state index in [4.69, 9.17) is 0 Å². The Hall–Kier alpha value is -1.63. The Morgan fingerprint density at radius 2 is 2.16 bits per heavy atom. The van der Waals surface area contributed by atoms with Gasteiger partial charge in [-0.15, -0.1) is 0 Å². The van der Waals surface area contributed by atoms with Crippen LogP contribution in [0.15, 0.2) is 0 Å². The zero-order valence-corrected chi connectivity index (χ0v) is 11.5. The maximum Gasteiger partial charge on any atom is 0.321 e. The molecular weight excluding hydrogens is 248 g/mol. The molecule has 3 N–H and O–H groups in total. The lowest BCUT2D eigenvalue weighted by Gasteiger charge is -2.24. The van der Waals surface area contributed by atoms with E-state index in [1.165, 1.54) is 0 Å². The summed E-state index contributed by atoms with van der Waals surface area (Å²) >= 11 is 0. The minimum absolute atomic E-state index is 0.0230. The van der Waals surface area contributed by atoms with Gasteiger partial charge in [0, 0.05) is 13.1 Å². The van der Waals surface area contributed by atoms with Crippen molar-refractivity contribution in [3.63, 3.8) is 0 Å². The third-order valence-corrected chi connectivity index (χ3v) is 3.02. The molecule has 19 heavy (non-hydrogen) atoms. The van der Waals surface area contributed by atoms with Crippen molar-refractivity contribution >= 4 is 17.8 Å². The Morgan fingerprint density at radius 1 is 1.42 bits per heavy atom. The monoisotopic (exact) mass is 270 g/mol. The molecule has 0 radical (unpaired) electrons. The molecule has 1 aliphatic rings. The fourth-order valence-corrected chi connectivity index (χ4v) is 2.05. The van der Waals surface area contributed by atoms with Gasteiger partial charge in [-0.1, -0.05) is 0 Å². The van der Waals surface area contributed by atoms with Gasteiger partial charge in [-0.05, 0) is 33.2 Å². The minimum Gasteiger partial charge on any atom is -0.355 e. The average Bonchev–Trinajstić information content (AvgIpc) is 2.53. The minimum atomic E-state index is -0.508. The van der Waals surface area contributed by atoms with Gasteiger partial charge in [-0.2, -0.15) is 0 Å². The lowest BCUT2D eigenvalue weighted by Crippen LogP contribution is -2.49. The molecule has 7 heteroatoms. The van der Waals surface area contributed by atoms with Gasteiger partial charge in [-0.25, -0.2) is 4.79 Å². The highest BCUT2D eigenvalue weighted by atomic mass is 16.2. The lowest BCUT2D eigenvalue weighted by molar-refractivity contribution is -0.127. The van der Waals surface area contributed by atoms with Crippen molar-refractivity contribution in [1.82, 2.24) is 20.9 Å². The second-order valence-corrected chi connectivity index (χ2v) is 4.63. The molecule has 1 heterocycles. The molecule has 0 bridgehead atoms. The standard InChI is InChI=1S/C12H22N4O3/c1-3-13-12(19)15-10(17)8-16(2)9-6-4-5-7-14-11(9)18/h9H,3-8H2,1-2H3,(H,14,18)(H2,13,15,17,19)/t9-/m1/s1. The van der Waals surface area contributed by atoms with Crippen molar-refractivity contribution in [3.8, 4) is 0 Å². The van der Waals surface area contributed by atoms with Gasteiger partial charge >= 0.3 is 6.03 Å². The first-order valence-electron chi connectivity index (χ1n) is 6.60.